The maximum Gasteiger partial charge on any atom is 0.238 e. The van der Waals surface area contributed by atoms with Crippen LogP contribution < -0.4 is 16.2 Å². The minimum atomic E-state index is -0.305. The van der Waals surface area contributed by atoms with Crippen LogP contribution in [0, 0.1) is 11.7 Å². The first kappa shape index (κ1) is 16.7. The van der Waals surface area contributed by atoms with E-state index in [1.54, 1.807) is 12.1 Å². The Bertz CT molecular complexity index is 501. The van der Waals surface area contributed by atoms with E-state index >= 15 is 0 Å². The maximum atomic E-state index is 12.8. The van der Waals surface area contributed by atoms with Gasteiger partial charge in [-0.05, 0) is 48.8 Å². The zero-order chi connectivity index (χ0) is 15.8. The van der Waals surface area contributed by atoms with E-state index in [2.05, 4.69) is 16.2 Å². The van der Waals surface area contributed by atoms with Crippen LogP contribution >= 0.6 is 12.2 Å². The monoisotopic (exact) mass is 323 g/mol. The molecule has 3 N–H and O–H groups in total. The zero-order valence-corrected chi connectivity index (χ0v) is 13.3. The number of benzene rings is 1. The van der Waals surface area contributed by atoms with Crippen LogP contribution in [0.2, 0.25) is 0 Å². The maximum absolute atomic E-state index is 12.8. The quantitative estimate of drug-likeness (QED) is 0.586. The van der Waals surface area contributed by atoms with Crippen molar-refractivity contribution >= 4 is 28.9 Å². The Balaban J connectivity index is 1.62. The van der Waals surface area contributed by atoms with Crippen molar-refractivity contribution in [2.45, 2.75) is 44.9 Å². The molecule has 1 saturated carbocycles. The lowest BCUT2D eigenvalue weighted by atomic mass is 9.86. The molecule has 0 heterocycles. The van der Waals surface area contributed by atoms with Gasteiger partial charge in [-0.1, -0.05) is 32.1 Å². The molecule has 4 nitrogen and oxygen atoms in total. The fourth-order valence-electron chi connectivity index (χ4n) is 2.70. The molecule has 1 aliphatic rings. The van der Waals surface area contributed by atoms with E-state index in [9.17, 15) is 9.18 Å². The number of halogens is 1. The number of hydrazine groups is 1. The Kier molecular flexibility index (Phi) is 6.58. The van der Waals surface area contributed by atoms with Gasteiger partial charge in [0.25, 0.3) is 0 Å². The van der Waals surface area contributed by atoms with Gasteiger partial charge >= 0.3 is 0 Å². The highest BCUT2D eigenvalue weighted by molar-refractivity contribution is 7.80. The topological polar surface area (TPSA) is 53.2 Å². The molecule has 0 radical (unpaired) electrons. The van der Waals surface area contributed by atoms with E-state index in [1.165, 1.54) is 44.2 Å². The molecule has 0 spiro atoms. The SMILES string of the molecule is O=C(CCC1CCCCC1)NNC(=S)Nc1ccc(F)cc1. The Morgan fingerprint density at radius 2 is 1.82 bits per heavy atom. The number of carbonyl (C=O) groups is 1. The molecule has 0 aliphatic heterocycles. The molecule has 2 rings (SSSR count). The molecule has 1 amide bonds. The van der Waals surface area contributed by atoms with Gasteiger partial charge < -0.3 is 5.32 Å². The normalized spacial score (nSPS) is 15.1. The summed E-state index contributed by atoms with van der Waals surface area (Å²) < 4.78 is 12.8. The second-order valence-corrected chi connectivity index (χ2v) is 6.09. The Labute approximate surface area is 135 Å². The van der Waals surface area contributed by atoms with Crippen LogP contribution in [0.25, 0.3) is 0 Å². The van der Waals surface area contributed by atoms with Crippen molar-refractivity contribution in [3.63, 3.8) is 0 Å². The van der Waals surface area contributed by atoms with Gasteiger partial charge in [-0.2, -0.15) is 0 Å². The number of amides is 1. The van der Waals surface area contributed by atoms with Crippen LogP contribution in [0.4, 0.5) is 10.1 Å². The third-order valence-electron chi connectivity index (χ3n) is 3.92. The fraction of sp³-hybridized carbons (Fsp3) is 0.500. The number of anilines is 1. The lowest BCUT2D eigenvalue weighted by molar-refractivity contribution is -0.122. The van der Waals surface area contributed by atoms with Gasteiger partial charge in [0, 0.05) is 12.1 Å². The van der Waals surface area contributed by atoms with Gasteiger partial charge in [-0.15, -0.1) is 0 Å². The van der Waals surface area contributed by atoms with E-state index in [0.29, 0.717) is 18.0 Å². The van der Waals surface area contributed by atoms with E-state index in [1.807, 2.05) is 0 Å². The average Bonchev–Trinajstić information content (AvgIpc) is 2.54. The molecule has 120 valence electrons. The van der Waals surface area contributed by atoms with Crippen LogP contribution in [0.15, 0.2) is 24.3 Å². The number of nitrogens with one attached hydrogen (secondary N) is 3. The summed E-state index contributed by atoms with van der Waals surface area (Å²) in [7, 11) is 0. The molecule has 1 aliphatic carbocycles. The Morgan fingerprint density at radius 3 is 2.50 bits per heavy atom. The van der Waals surface area contributed by atoms with E-state index < -0.39 is 0 Å². The highest BCUT2D eigenvalue weighted by Crippen LogP contribution is 2.27. The summed E-state index contributed by atoms with van der Waals surface area (Å²) in [5.41, 5.74) is 5.91. The summed E-state index contributed by atoms with van der Waals surface area (Å²) in [6.45, 7) is 0. The number of hydrogen-bond donors (Lipinski definition) is 3. The van der Waals surface area contributed by atoms with Gasteiger partial charge in [0.05, 0.1) is 0 Å². The zero-order valence-electron chi connectivity index (χ0n) is 12.5. The number of carbonyl (C=O) groups excluding carboxylic acids is 1. The van der Waals surface area contributed by atoms with Gasteiger partial charge in [0.2, 0.25) is 5.91 Å². The predicted octanol–water partition coefficient (Wildman–Crippen LogP) is 3.50. The number of hydrogen-bond acceptors (Lipinski definition) is 2. The van der Waals surface area contributed by atoms with E-state index in [4.69, 9.17) is 12.2 Å². The molecule has 0 bridgehead atoms. The largest absolute Gasteiger partial charge is 0.331 e. The third kappa shape index (κ3) is 5.97. The van der Waals surface area contributed by atoms with Crippen molar-refractivity contribution in [1.29, 1.82) is 0 Å². The lowest BCUT2D eigenvalue weighted by Gasteiger charge is -2.21. The van der Waals surface area contributed by atoms with Gasteiger partial charge in [-0.3, -0.25) is 15.6 Å². The molecule has 0 aromatic heterocycles. The molecular weight excluding hydrogens is 301 g/mol. The van der Waals surface area contributed by atoms with Crippen LogP contribution in [0.3, 0.4) is 0 Å². The number of thiocarbonyl (C=S) groups is 1. The summed E-state index contributed by atoms with van der Waals surface area (Å²) >= 11 is 5.07. The fourth-order valence-corrected chi connectivity index (χ4v) is 2.86. The van der Waals surface area contributed by atoms with E-state index in [0.717, 1.165) is 6.42 Å². The van der Waals surface area contributed by atoms with Crippen molar-refractivity contribution in [1.82, 2.24) is 10.9 Å². The first-order valence-corrected chi connectivity index (χ1v) is 8.16. The molecular formula is C16H22FN3OS. The lowest BCUT2D eigenvalue weighted by Crippen LogP contribution is -2.43. The molecule has 0 atom stereocenters. The minimum Gasteiger partial charge on any atom is -0.331 e. The van der Waals surface area contributed by atoms with Crippen molar-refractivity contribution < 1.29 is 9.18 Å². The molecule has 1 aromatic carbocycles. The summed E-state index contributed by atoms with van der Waals surface area (Å²) in [6, 6.07) is 5.84. The summed E-state index contributed by atoms with van der Waals surface area (Å²) in [5.74, 6) is 0.318. The van der Waals surface area contributed by atoms with Crippen molar-refractivity contribution in [2.75, 3.05) is 5.32 Å². The number of rotatable bonds is 4. The highest BCUT2D eigenvalue weighted by atomic mass is 32.1. The Morgan fingerprint density at radius 1 is 1.14 bits per heavy atom. The van der Waals surface area contributed by atoms with Gasteiger partial charge in [0.1, 0.15) is 5.82 Å². The van der Waals surface area contributed by atoms with Crippen molar-refractivity contribution in [2.24, 2.45) is 5.92 Å². The smallest absolute Gasteiger partial charge is 0.238 e. The second-order valence-electron chi connectivity index (χ2n) is 5.68. The second kappa shape index (κ2) is 8.68. The van der Waals surface area contributed by atoms with Crippen LogP contribution in [0.5, 0.6) is 0 Å². The van der Waals surface area contributed by atoms with Crippen molar-refractivity contribution in [3.8, 4) is 0 Å². The van der Waals surface area contributed by atoms with Crippen LogP contribution in [0.1, 0.15) is 44.9 Å². The minimum absolute atomic E-state index is 0.0613. The first-order chi connectivity index (χ1) is 10.6. The first-order valence-electron chi connectivity index (χ1n) is 7.75. The summed E-state index contributed by atoms with van der Waals surface area (Å²) in [6.07, 6.45) is 7.83. The van der Waals surface area contributed by atoms with Crippen molar-refractivity contribution in [3.05, 3.63) is 30.1 Å². The average molecular weight is 323 g/mol. The summed E-state index contributed by atoms with van der Waals surface area (Å²) in [5, 5.41) is 3.14. The molecule has 0 saturated heterocycles. The van der Waals surface area contributed by atoms with Crippen LogP contribution in [-0.2, 0) is 4.79 Å². The Hall–Kier alpha value is -1.69. The molecule has 0 unspecified atom stereocenters. The van der Waals surface area contributed by atoms with Gasteiger partial charge in [-0.25, -0.2) is 4.39 Å². The van der Waals surface area contributed by atoms with Crippen LogP contribution in [-0.4, -0.2) is 11.0 Å². The van der Waals surface area contributed by atoms with E-state index in [-0.39, 0.29) is 16.8 Å². The standard InChI is InChI=1S/C16H22FN3OS/c17-13-7-9-14(10-8-13)18-16(22)20-19-15(21)11-6-12-4-2-1-3-5-12/h7-10,12H,1-6,11H2,(H,19,21)(H2,18,20,22). The molecule has 1 aromatic rings. The predicted molar refractivity (Wildman–Crippen MR) is 89.7 cm³/mol. The third-order valence-corrected chi connectivity index (χ3v) is 4.13. The molecule has 6 heteroatoms. The summed E-state index contributed by atoms with van der Waals surface area (Å²) in [4.78, 5) is 11.8. The molecule has 22 heavy (non-hydrogen) atoms. The molecule has 1 fully saturated rings. The highest BCUT2D eigenvalue weighted by Gasteiger charge is 2.14. The van der Waals surface area contributed by atoms with Gasteiger partial charge in [0.15, 0.2) is 5.11 Å².